The van der Waals surface area contributed by atoms with Crippen LogP contribution in [-0.2, 0) is 6.42 Å². The largest absolute Gasteiger partial charge is 0.335 e. The van der Waals surface area contributed by atoms with Crippen molar-refractivity contribution in [3.8, 4) is 0 Å². The third-order valence-electron chi connectivity index (χ3n) is 5.14. The minimum absolute atomic E-state index is 0.0242. The lowest BCUT2D eigenvalue weighted by atomic mass is 9.96. The van der Waals surface area contributed by atoms with Crippen molar-refractivity contribution in [1.82, 2.24) is 10.3 Å². The molecule has 0 radical (unpaired) electrons. The van der Waals surface area contributed by atoms with E-state index in [1.165, 1.54) is 30.2 Å². The summed E-state index contributed by atoms with van der Waals surface area (Å²) in [5, 5.41) is 4.38. The summed E-state index contributed by atoms with van der Waals surface area (Å²) in [6.45, 7) is 2.80. The minimum atomic E-state index is 0.0242. The van der Waals surface area contributed by atoms with Gasteiger partial charge in [0.15, 0.2) is 0 Å². The van der Waals surface area contributed by atoms with Crippen LogP contribution in [0.15, 0.2) is 24.3 Å². The molecule has 2 amide bonds. The highest BCUT2D eigenvalue weighted by Gasteiger charge is 2.28. The van der Waals surface area contributed by atoms with Gasteiger partial charge in [-0.15, -0.1) is 0 Å². The molecular weight excluding hydrogens is 286 g/mol. The number of urea groups is 1. The van der Waals surface area contributed by atoms with Crippen molar-refractivity contribution >= 4 is 22.8 Å². The molecule has 0 spiro atoms. The molecule has 1 aliphatic heterocycles. The Morgan fingerprint density at radius 3 is 2.91 bits per heavy atom. The third-order valence-corrected chi connectivity index (χ3v) is 5.14. The molecule has 4 heteroatoms. The number of benzene rings is 1. The van der Waals surface area contributed by atoms with Crippen LogP contribution in [0.2, 0.25) is 0 Å². The van der Waals surface area contributed by atoms with Gasteiger partial charge >= 0.3 is 6.03 Å². The average molecular weight is 309 g/mol. The average Bonchev–Trinajstić information content (AvgIpc) is 2.97. The summed E-state index contributed by atoms with van der Waals surface area (Å²) in [4.78, 5) is 19.3. The van der Waals surface area contributed by atoms with Crippen LogP contribution in [0.5, 0.6) is 0 Å². The van der Waals surface area contributed by atoms with E-state index in [0.29, 0.717) is 6.04 Å². The van der Waals surface area contributed by atoms with E-state index < -0.39 is 0 Å². The van der Waals surface area contributed by atoms with E-state index in [1.807, 2.05) is 4.90 Å². The summed E-state index contributed by atoms with van der Waals surface area (Å²) in [7, 11) is 0. The van der Waals surface area contributed by atoms with E-state index in [4.69, 9.17) is 4.98 Å². The predicted octanol–water partition coefficient (Wildman–Crippen LogP) is 3.95. The number of amides is 2. The van der Waals surface area contributed by atoms with Crippen molar-refractivity contribution in [2.75, 3.05) is 11.4 Å². The molecule has 0 bridgehead atoms. The number of rotatable bonds is 1. The fraction of sp³-hybridized carbons (Fsp3) is 0.474. The molecule has 1 saturated carbocycles. The van der Waals surface area contributed by atoms with Gasteiger partial charge < -0.3 is 5.32 Å². The van der Waals surface area contributed by atoms with Crippen LogP contribution in [0, 0.1) is 6.92 Å². The molecule has 1 aliphatic carbocycles. The fourth-order valence-electron chi connectivity index (χ4n) is 3.83. The normalized spacial score (nSPS) is 18.2. The number of para-hydroxylation sites is 1. The second-order valence-electron chi connectivity index (χ2n) is 6.80. The number of carbonyl (C=O) groups excluding carboxylic acids is 1. The van der Waals surface area contributed by atoms with E-state index in [2.05, 4.69) is 36.5 Å². The lowest BCUT2D eigenvalue weighted by molar-refractivity contribution is 0.238. The van der Waals surface area contributed by atoms with Crippen LogP contribution in [0.4, 0.5) is 10.6 Å². The Morgan fingerprint density at radius 2 is 2.09 bits per heavy atom. The van der Waals surface area contributed by atoms with Crippen LogP contribution in [-0.4, -0.2) is 23.6 Å². The molecule has 2 heterocycles. The monoisotopic (exact) mass is 309 g/mol. The molecule has 0 saturated heterocycles. The molecular formula is C19H23N3O. The van der Waals surface area contributed by atoms with Gasteiger partial charge in [0.25, 0.3) is 0 Å². The topological polar surface area (TPSA) is 45.2 Å². The van der Waals surface area contributed by atoms with E-state index in [1.54, 1.807) is 0 Å². The number of aromatic nitrogens is 1. The number of hydrogen-bond donors (Lipinski definition) is 1. The van der Waals surface area contributed by atoms with Crippen molar-refractivity contribution in [1.29, 1.82) is 0 Å². The maximum Gasteiger partial charge on any atom is 0.323 e. The second-order valence-corrected chi connectivity index (χ2v) is 6.80. The Morgan fingerprint density at radius 1 is 1.26 bits per heavy atom. The predicted molar refractivity (Wildman–Crippen MR) is 92.9 cm³/mol. The maximum absolute atomic E-state index is 12.7. The van der Waals surface area contributed by atoms with E-state index in [9.17, 15) is 4.79 Å². The summed E-state index contributed by atoms with van der Waals surface area (Å²) in [5.74, 6) is 0.847. The number of anilines is 1. The SMILES string of the molecule is Cc1cccc2cc3c(nc12)N(C(=O)NC1CCCCC1)CC3. The van der Waals surface area contributed by atoms with Gasteiger partial charge in [0, 0.05) is 18.0 Å². The smallest absolute Gasteiger partial charge is 0.323 e. The first kappa shape index (κ1) is 14.5. The van der Waals surface area contributed by atoms with Crippen molar-refractivity contribution in [2.24, 2.45) is 0 Å². The van der Waals surface area contributed by atoms with E-state index >= 15 is 0 Å². The number of carbonyl (C=O) groups is 1. The highest BCUT2D eigenvalue weighted by atomic mass is 16.2. The number of fused-ring (bicyclic) bond motifs is 2. The number of nitrogens with zero attached hydrogens (tertiary/aromatic N) is 2. The first-order chi connectivity index (χ1) is 11.2. The Labute approximate surface area is 136 Å². The van der Waals surface area contributed by atoms with Crippen molar-refractivity contribution < 1.29 is 4.79 Å². The molecule has 4 rings (SSSR count). The van der Waals surface area contributed by atoms with E-state index in [-0.39, 0.29) is 6.03 Å². The molecule has 1 aromatic carbocycles. The summed E-state index contributed by atoms with van der Waals surface area (Å²) >= 11 is 0. The van der Waals surface area contributed by atoms with Crippen LogP contribution in [0.25, 0.3) is 10.9 Å². The van der Waals surface area contributed by atoms with Crippen LogP contribution >= 0.6 is 0 Å². The lowest BCUT2D eigenvalue weighted by Crippen LogP contribution is -2.45. The quantitative estimate of drug-likeness (QED) is 0.867. The van der Waals surface area contributed by atoms with Gasteiger partial charge in [0.1, 0.15) is 5.82 Å². The first-order valence-corrected chi connectivity index (χ1v) is 8.69. The number of nitrogens with one attached hydrogen (secondary N) is 1. The number of hydrogen-bond acceptors (Lipinski definition) is 2. The summed E-state index contributed by atoms with van der Waals surface area (Å²) in [5.41, 5.74) is 3.34. The van der Waals surface area contributed by atoms with Gasteiger partial charge in [0.05, 0.1) is 5.52 Å². The Bertz CT molecular complexity index is 750. The van der Waals surface area contributed by atoms with Gasteiger partial charge in [-0.05, 0) is 43.4 Å². The van der Waals surface area contributed by atoms with E-state index in [0.717, 1.165) is 42.7 Å². The summed E-state index contributed by atoms with van der Waals surface area (Å²) < 4.78 is 0. The number of aryl methyl sites for hydroxylation is 1. The second kappa shape index (κ2) is 5.84. The van der Waals surface area contributed by atoms with Gasteiger partial charge in [-0.25, -0.2) is 9.78 Å². The molecule has 2 aromatic rings. The first-order valence-electron chi connectivity index (χ1n) is 8.69. The zero-order chi connectivity index (χ0) is 15.8. The standard InChI is InChI=1S/C19H23N3O/c1-13-6-5-7-14-12-15-10-11-22(18(15)21-17(13)14)19(23)20-16-8-3-2-4-9-16/h5-7,12,16H,2-4,8-11H2,1H3,(H,20,23). The third kappa shape index (κ3) is 2.67. The van der Waals surface area contributed by atoms with Crippen LogP contribution in [0.3, 0.4) is 0 Å². The summed E-state index contributed by atoms with van der Waals surface area (Å²) in [6.07, 6.45) is 6.86. The molecule has 1 aromatic heterocycles. The van der Waals surface area contributed by atoms with Gasteiger partial charge in [-0.2, -0.15) is 0 Å². The van der Waals surface area contributed by atoms with Gasteiger partial charge in [-0.3, -0.25) is 4.90 Å². The molecule has 1 N–H and O–H groups in total. The molecule has 2 aliphatic rings. The zero-order valence-corrected chi connectivity index (χ0v) is 13.6. The van der Waals surface area contributed by atoms with Crippen molar-refractivity contribution in [3.63, 3.8) is 0 Å². The summed E-state index contributed by atoms with van der Waals surface area (Å²) in [6, 6.07) is 8.79. The molecule has 0 atom stereocenters. The van der Waals surface area contributed by atoms with Crippen LogP contribution < -0.4 is 10.2 Å². The van der Waals surface area contributed by atoms with Gasteiger partial charge in [0.2, 0.25) is 0 Å². The Hall–Kier alpha value is -2.10. The Balaban J connectivity index is 1.61. The van der Waals surface area contributed by atoms with Crippen molar-refractivity contribution in [2.45, 2.75) is 51.5 Å². The molecule has 120 valence electrons. The molecule has 1 fully saturated rings. The Kier molecular flexibility index (Phi) is 3.68. The maximum atomic E-state index is 12.7. The highest BCUT2D eigenvalue weighted by molar-refractivity contribution is 5.95. The minimum Gasteiger partial charge on any atom is -0.335 e. The van der Waals surface area contributed by atoms with Crippen LogP contribution in [0.1, 0.15) is 43.2 Å². The zero-order valence-electron chi connectivity index (χ0n) is 13.6. The van der Waals surface area contributed by atoms with Crippen molar-refractivity contribution in [3.05, 3.63) is 35.4 Å². The van der Waals surface area contributed by atoms with Gasteiger partial charge in [-0.1, -0.05) is 37.5 Å². The molecule has 0 unspecified atom stereocenters. The molecule has 23 heavy (non-hydrogen) atoms. The lowest BCUT2D eigenvalue weighted by Gasteiger charge is -2.26. The fourth-order valence-corrected chi connectivity index (χ4v) is 3.83. The highest BCUT2D eigenvalue weighted by Crippen LogP contribution is 2.30. The molecule has 4 nitrogen and oxygen atoms in total. The number of pyridine rings is 1.